The van der Waals surface area contributed by atoms with E-state index in [1.165, 1.54) is 16.7 Å². The summed E-state index contributed by atoms with van der Waals surface area (Å²) in [6, 6.07) is 4.39. The number of likely N-dealkylation sites (N-methyl/N-ethyl adjacent to an activating group) is 1. The van der Waals surface area contributed by atoms with Crippen molar-refractivity contribution < 1.29 is 9.47 Å². The van der Waals surface area contributed by atoms with Gasteiger partial charge in [-0.3, -0.25) is 0 Å². The van der Waals surface area contributed by atoms with Crippen LogP contribution in [0.25, 0.3) is 0 Å². The number of benzene rings is 1. The molecule has 0 saturated heterocycles. The molecule has 0 amide bonds. The molecule has 0 aliphatic carbocycles. The van der Waals surface area contributed by atoms with Crippen molar-refractivity contribution in [1.82, 2.24) is 5.32 Å². The lowest BCUT2D eigenvalue weighted by atomic mass is 9.87. The van der Waals surface area contributed by atoms with Crippen molar-refractivity contribution in [1.29, 1.82) is 0 Å². The number of ether oxygens (including phenoxy) is 2. The molecule has 1 aromatic rings. The van der Waals surface area contributed by atoms with Crippen LogP contribution in [0, 0.1) is 13.8 Å². The molecular formula is C17H29NO2. The van der Waals surface area contributed by atoms with Gasteiger partial charge in [0.05, 0.1) is 18.8 Å². The lowest BCUT2D eigenvalue weighted by Crippen LogP contribution is -2.42. The Labute approximate surface area is 123 Å². The monoisotopic (exact) mass is 279 g/mol. The highest BCUT2D eigenvalue weighted by Crippen LogP contribution is 2.37. The smallest absolute Gasteiger partial charge is 0.124 e. The topological polar surface area (TPSA) is 30.5 Å². The van der Waals surface area contributed by atoms with Crippen molar-refractivity contribution in [3.8, 4) is 5.75 Å². The fourth-order valence-electron chi connectivity index (χ4n) is 2.83. The van der Waals surface area contributed by atoms with Crippen LogP contribution in [0.4, 0.5) is 0 Å². The summed E-state index contributed by atoms with van der Waals surface area (Å²) < 4.78 is 11.6. The summed E-state index contributed by atoms with van der Waals surface area (Å²) in [4.78, 5) is 0. The van der Waals surface area contributed by atoms with Crippen LogP contribution in [0.2, 0.25) is 0 Å². The largest absolute Gasteiger partial charge is 0.496 e. The molecular weight excluding hydrogens is 250 g/mol. The zero-order valence-electron chi connectivity index (χ0n) is 14.0. The zero-order chi connectivity index (χ0) is 15.3. The van der Waals surface area contributed by atoms with E-state index in [-0.39, 0.29) is 11.6 Å². The molecule has 0 heterocycles. The number of hydrogen-bond donors (Lipinski definition) is 1. The van der Waals surface area contributed by atoms with Crippen LogP contribution >= 0.6 is 0 Å². The predicted molar refractivity (Wildman–Crippen MR) is 84.6 cm³/mol. The van der Waals surface area contributed by atoms with Gasteiger partial charge in [-0.15, -0.1) is 0 Å². The van der Waals surface area contributed by atoms with Gasteiger partial charge in [0.25, 0.3) is 0 Å². The Morgan fingerprint density at radius 1 is 1.20 bits per heavy atom. The molecule has 0 aromatic heterocycles. The highest BCUT2D eigenvalue weighted by Gasteiger charge is 2.33. The van der Waals surface area contributed by atoms with Crippen LogP contribution in [0.3, 0.4) is 0 Å². The van der Waals surface area contributed by atoms with Gasteiger partial charge in [0.2, 0.25) is 0 Å². The maximum absolute atomic E-state index is 5.97. The summed E-state index contributed by atoms with van der Waals surface area (Å²) in [6.45, 7) is 14.2. The van der Waals surface area contributed by atoms with Gasteiger partial charge < -0.3 is 14.8 Å². The number of rotatable bonds is 7. The van der Waals surface area contributed by atoms with E-state index in [0.29, 0.717) is 6.61 Å². The van der Waals surface area contributed by atoms with Crippen LogP contribution in [0.1, 0.15) is 50.4 Å². The fourth-order valence-corrected chi connectivity index (χ4v) is 2.83. The Bertz CT molecular complexity index is 441. The quantitative estimate of drug-likeness (QED) is 0.824. The van der Waals surface area contributed by atoms with E-state index in [2.05, 4.69) is 52.1 Å². The van der Waals surface area contributed by atoms with Crippen LogP contribution in [0.5, 0.6) is 5.75 Å². The number of hydrogen-bond acceptors (Lipinski definition) is 3. The number of methoxy groups -OCH3 is 1. The van der Waals surface area contributed by atoms with Crippen LogP contribution in [-0.4, -0.2) is 25.9 Å². The SMILES string of the molecule is CCNC(c1c(C)cc(C)cc1OC)C(C)(C)OCC. The summed E-state index contributed by atoms with van der Waals surface area (Å²) in [5, 5.41) is 3.55. The van der Waals surface area contributed by atoms with Gasteiger partial charge in [-0.1, -0.05) is 13.0 Å². The van der Waals surface area contributed by atoms with Gasteiger partial charge in [0, 0.05) is 12.2 Å². The number of nitrogens with one attached hydrogen (secondary N) is 1. The predicted octanol–water partition coefficient (Wildman–Crippen LogP) is 3.78. The van der Waals surface area contributed by atoms with Crippen molar-refractivity contribution in [2.24, 2.45) is 0 Å². The summed E-state index contributed by atoms with van der Waals surface area (Å²) in [7, 11) is 1.73. The van der Waals surface area contributed by atoms with Crippen molar-refractivity contribution in [3.63, 3.8) is 0 Å². The van der Waals surface area contributed by atoms with Crippen LogP contribution < -0.4 is 10.1 Å². The molecule has 3 nitrogen and oxygen atoms in total. The Morgan fingerprint density at radius 2 is 1.85 bits per heavy atom. The van der Waals surface area contributed by atoms with Gasteiger partial charge in [-0.25, -0.2) is 0 Å². The van der Waals surface area contributed by atoms with Gasteiger partial charge in [-0.2, -0.15) is 0 Å². The molecule has 1 rings (SSSR count). The van der Waals surface area contributed by atoms with E-state index in [0.717, 1.165) is 12.3 Å². The van der Waals surface area contributed by atoms with Crippen LogP contribution in [0.15, 0.2) is 12.1 Å². The minimum atomic E-state index is -0.294. The summed E-state index contributed by atoms with van der Waals surface area (Å²) in [6.07, 6.45) is 0. The first kappa shape index (κ1) is 17.0. The fraction of sp³-hybridized carbons (Fsp3) is 0.647. The molecule has 0 radical (unpaired) electrons. The molecule has 0 aliphatic heterocycles. The molecule has 0 saturated carbocycles. The van der Waals surface area contributed by atoms with Crippen molar-refractivity contribution in [2.45, 2.75) is 53.2 Å². The minimum Gasteiger partial charge on any atom is -0.496 e. The molecule has 0 spiro atoms. The van der Waals surface area contributed by atoms with E-state index in [4.69, 9.17) is 9.47 Å². The van der Waals surface area contributed by atoms with E-state index < -0.39 is 0 Å². The third-order valence-electron chi connectivity index (χ3n) is 3.62. The average molecular weight is 279 g/mol. The Balaban J connectivity index is 3.34. The maximum atomic E-state index is 5.97. The lowest BCUT2D eigenvalue weighted by Gasteiger charge is -2.36. The minimum absolute atomic E-state index is 0.1000. The van der Waals surface area contributed by atoms with E-state index in [9.17, 15) is 0 Å². The molecule has 114 valence electrons. The second kappa shape index (κ2) is 7.09. The standard InChI is InChI=1S/C17H29NO2/c1-8-18-16(17(5,6)20-9-2)15-13(4)10-12(3)11-14(15)19-7/h10-11,16,18H,8-9H2,1-7H3. The average Bonchev–Trinajstić information content (AvgIpc) is 2.35. The first-order valence-electron chi connectivity index (χ1n) is 7.39. The Kier molecular flexibility index (Phi) is 6.03. The van der Waals surface area contributed by atoms with Gasteiger partial charge in [-0.05, 0) is 58.4 Å². The Hall–Kier alpha value is -1.06. The maximum Gasteiger partial charge on any atom is 0.124 e. The molecule has 1 aromatic carbocycles. The molecule has 1 unspecified atom stereocenters. The van der Waals surface area contributed by atoms with Crippen molar-refractivity contribution in [3.05, 3.63) is 28.8 Å². The highest BCUT2D eigenvalue weighted by molar-refractivity contribution is 5.46. The third kappa shape index (κ3) is 3.74. The molecule has 0 aliphatic rings. The second-order valence-corrected chi connectivity index (χ2v) is 5.72. The van der Waals surface area contributed by atoms with Gasteiger partial charge >= 0.3 is 0 Å². The molecule has 1 N–H and O–H groups in total. The first-order valence-corrected chi connectivity index (χ1v) is 7.39. The molecule has 1 atom stereocenters. The molecule has 0 fully saturated rings. The molecule has 0 bridgehead atoms. The van der Waals surface area contributed by atoms with Crippen molar-refractivity contribution in [2.75, 3.05) is 20.3 Å². The lowest BCUT2D eigenvalue weighted by molar-refractivity contribution is -0.0394. The summed E-state index contributed by atoms with van der Waals surface area (Å²) in [5.74, 6) is 0.932. The normalized spacial score (nSPS) is 13.3. The van der Waals surface area contributed by atoms with Crippen LogP contribution in [-0.2, 0) is 4.74 Å². The summed E-state index contributed by atoms with van der Waals surface area (Å²) in [5.41, 5.74) is 3.35. The zero-order valence-corrected chi connectivity index (χ0v) is 14.0. The molecule has 20 heavy (non-hydrogen) atoms. The van der Waals surface area contributed by atoms with E-state index in [1.54, 1.807) is 7.11 Å². The number of aryl methyl sites for hydroxylation is 2. The molecule has 3 heteroatoms. The third-order valence-corrected chi connectivity index (χ3v) is 3.62. The Morgan fingerprint density at radius 3 is 2.35 bits per heavy atom. The van der Waals surface area contributed by atoms with Gasteiger partial charge in [0.1, 0.15) is 5.75 Å². The second-order valence-electron chi connectivity index (χ2n) is 5.72. The first-order chi connectivity index (χ1) is 9.37. The highest BCUT2D eigenvalue weighted by atomic mass is 16.5. The van der Waals surface area contributed by atoms with Gasteiger partial charge in [0.15, 0.2) is 0 Å². The van der Waals surface area contributed by atoms with E-state index >= 15 is 0 Å². The summed E-state index contributed by atoms with van der Waals surface area (Å²) >= 11 is 0. The van der Waals surface area contributed by atoms with Crippen molar-refractivity contribution >= 4 is 0 Å². The van der Waals surface area contributed by atoms with E-state index in [1.807, 2.05) is 6.92 Å².